The average molecular weight is 246 g/mol. The molecule has 0 spiro atoms. The Balaban J connectivity index is 2.33. The van der Waals surface area contributed by atoms with Crippen LogP contribution in [0.3, 0.4) is 0 Å². The topological polar surface area (TPSA) is 12.9 Å². The molecule has 1 aromatic heterocycles. The Labute approximate surface area is 107 Å². The highest BCUT2D eigenvalue weighted by Crippen LogP contribution is 2.26. The van der Waals surface area contributed by atoms with Gasteiger partial charge in [-0.15, -0.1) is 0 Å². The van der Waals surface area contributed by atoms with Gasteiger partial charge in [-0.05, 0) is 28.7 Å². The highest BCUT2D eigenvalue weighted by atomic mass is 35.5. The number of halogens is 1. The summed E-state index contributed by atoms with van der Waals surface area (Å²) in [6, 6.07) is 12.4. The van der Waals surface area contributed by atoms with Crippen LogP contribution in [0.1, 0.15) is 26.3 Å². The van der Waals surface area contributed by atoms with Crippen molar-refractivity contribution in [2.45, 2.75) is 26.2 Å². The third kappa shape index (κ3) is 2.86. The van der Waals surface area contributed by atoms with E-state index in [2.05, 4.69) is 50.0 Å². The Bertz CT molecular complexity index is 492. The Kier molecular flexibility index (Phi) is 3.21. The molecule has 0 aliphatic rings. The lowest BCUT2D eigenvalue weighted by atomic mass is 9.86. The fourth-order valence-electron chi connectivity index (χ4n) is 1.71. The van der Waals surface area contributed by atoms with Crippen molar-refractivity contribution in [1.29, 1.82) is 0 Å². The van der Waals surface area contributed by atoms with Gasteiger partial charge in [0.05, 0.1) is 0 Å². The first-order chi connectivity index (χ1) is 7.97. The summed E-state index contributed by atoms with van der Waals surface area (Å²) in [5.74, 6) is 0. The van der Waals surface area contributed by atoms with Gasteiger partial charge in [0.15, 0.2) is 0 Å². The molecule has 0 amide bonds. The lowest BCUT2D eigenvalue weighted by molar-refractivity contribution is 0.590. The molecule has 0 aliphatic carbocycles. The summed E-state index contributed by atoms with van der Waals surface area (Å²) in [5.41, 5.74) is 3.79. The first-order valence-corrected chi connectivity index (χ1v) is 6.07. The molecule has 1 aromatic carbocycles. The largest absolute Gasteiger partial charge is 0.244 e. The van der Waals surface area contributed by atoms with Crippen molar-refractivity contribution in [3.05, 3.63) is 53.3 Å². The lowest BCUT2D eigenvalue weighted by Gasteiger charge is -2.19. The van der Waals surface area contributed by atoms with Crippen molar-refractivity contribution in [2.24, 2.45) is 0 Å². The van der Waals surface area contributed by atoms with Gasteiger partial charge in [0.2, 0.25) is 0 Å². The molecule has 0 unspecified atom stereocenters. The summed E-state index contributed by atoms with van der Waals surface area (Å²) in [6.07, 6.45) is 1.80. The number of nitrogens with zero attached hydrogens (tertiary/aromatic N) is 1. The number of hydrogen-bond acceptors (Lipinski definition) is 1. The predicted octanol–water partition coefficient (Wildman–Crippen LogP) is 4.70. The Morgan fingerprint density at radius 2 is 1.47 bits per heavy atom. The molecular formula is C15H16ClN. The fourth-order valence-corrected chi connectivity index (χ4v) is 1.82. The summed E-state index contributed by atoms with van der Waals surface area (Å²) < 4.78 is 0. The first-order valence-electron chi connectivity index (χ1n) is 5.69. The second-order valence-electron chi connectivity index (χ2n) is 5.20. The molecule has 0 N–H and O–H groups in total. The van der Waals surface area contributed by atoms with Crippen molar-refractivity contribution < 1.29 is 0 Å². The lowest BCUT2D eigenvalue weighted by Crippen LogP contribution is -2.10. The maximum absolute atomic E-state index is 5.77. The molecule has 88 valence electrons. The van der Waals surface area contributed by atoms with E-state index in [9.17, 15) is 0 Å². The van der Waals surface area contributed by atoms with Gasteiger partial charge >= 0.3 is 0 Å². The van der Waals surface area contributed by atoms with E-state index in [0.29, 0.717) is 5.15 Å². The summed E-state index contributed by atoms with van der Waals surface area (Å²) in [7, 11) is 0. The zero-order chi connectivity index (χ0) is 12.5. The second kappa shape index (κ2) is 4.50. The highest BCUT2D eigenvalue weighted by molar-refractivity contribution is 6.29. The molecule has 2 aromatic rings. The number of aromatic nitrogens is 1. The number of pyridine rings is 1. The van der Waals surface area contributed by atoms with Gasteiger partial charge in [0.1, 0.15) is 5.15 Å². The Hall–Kier alpha value is -1.34. The summed E-state index contributed by atoms with van der Waals surface area (Å²) >= 11 is 5.77. The number of rotatable bonds is 1. The minimum atomic E-state index is 0.191. The Morgan fingerprint density at radius 3 is 1.94 bits per heavy atom. The van der Waals surface area contributed by atoms with Crippen LogP contribution in [0, 0.1) is 0 Å². The standard InChI is InChI=1S/C15H16ClN/c1-15(2,3)13-7-4-11(5-8-13)12-6-9-14(16)17-10-12/h4-10H,1-3H3. The molecule has 0 radical (unpaired) electrons. The number of hydrogen-bond donors (Lipinski definition) is 0. The van der Waals surface area contributed by atoms with Gasteiger partial charge < -0.3 is 0 Å². The highest BCUT2D eigenvalue weighted by Gasteiger charge is 2.12. The van der Waals surface area contributed by atoms with Gasteiger partial charge in [0.25, 0.3) is 0 Å². The third-order valence-electron chi connectivity index (χ3n) is 2.81. The van der Waals surface area contributed by atoms with E-state index >= 15 is 0 Å². The molecule has 2 rings (SSSR count). The van der Waals surface area contributed by atoms with E-state index in [-0.39, 0.29) is 5.41 Å². The first kappa shape index (κ1) is 12.1. The van der Waals surface area contributed by atoms with Gasteiger partial charge in [0, 0.05) is 11.8 Å². The normalized spacial score (nSPS) is 11.5. The quantitative estimate of drug-likeness (QED) is 0.664. The van der Waals surface area contributed by atoms with Crippen molar-refractivity contribution in [3.63, 3.8) is 0 Å². The number of benzene rings is 1. The van der Waals surface area contributed by atoms with E-state index in [1.165, 1.54) is 11.1 Å². The fraction of sp³-hybridized carbons (Fsp3) is 0.267. The van der Waals surface area contributed by atoms with E-state index < -0.39 is 0 Å². The summed E-state index contributed by atoms with van der Waals surface area (Å²) in [4.78, 5) is 4.09. The molecule has 0 saturated carbocycles. The van der Waals surface area contributed by atoms with E-state index in [0.717, 1.165) is 5.56 Å². The maximum Gasteiger partial charge on any atom is 0.129 e. The van der Waals surface area contributed by atoms with Crippen LogP contribution in [0.15, 0.2) is 42.6 Å². The van der Waals surface area contributed by atoms with E-state index in [4.69, 9.17) is 11.6 Å². The molecule has 2 heteroatoms. The summed E-state index contributed by atoms with van der Waals surface area (Å²) in [5, 5.41) is 0.528. The smallest absolute Gasteiger partial charge is 0.129 e. The van der Waals surface area contributed by atoms with Crippen LogP contribution in [-0.2, 0) is 5.41 Å². The maximum atomic E-state index is 5.77. The van der Waals surface area contributed by atoms with Crippen molar-refractivity contribution >= 4 is 11.6 Å². The van der Waals surface area contributed by atoms with Crippen LogP contribution < -0.4 is 0 Å². The molecule has 1 heterocycles. The van der Waals surface area contributed by atoms with Gasteiger partial charge in [-0.3, -0.25) is 0 Å². The van der Waals surface area contributed by atoms with Crippen LogP contribution in [-0.4, -0.2) is 4.98 Å². The Morgan fingerprint density at radius 1 is 0.882 bits per heavy atom. The third-order valence-corrected chi connectivity index (χ3v) is 3.04. The van der Waals surface area contributed by atoms with Crippen molar-refractivity contribution in [3.8, 4) is 11.1 Å². The zero-order valence-electron chi connectivity index (χ0n) is 10.4. The SMILES string of the molecule is CC(C)(C)c1ccc(-c2ccc(Cl)nc2)cc1. The van der Waals surface area contributed by atoms with Crippen LogP contribution >= 0.6 is 11.6 Å². The monoisotopic (exact) mass is 245 g/mol. The molecular weight excluding hydrogens is 230 g/mol. The van der Waals surface area contributed by atoms with Crippen LogP contribution in [0.4, 0.5) is 0 Å². The molecule has 0 saturated heterocycles. The zero-order valence-corrected chi connectivity index (χ0v) is 11.1. The average Bonchev–Trinajstić information content (AvgIpc) is 2.29. The molecule has 17 heavy (non-hydrogen) atoms. The molecule has 0 aliphatic heterocycles. The summed E-state index contributed by atoms with van der Waals surface area (Å²) in [6.45, 7) is 6.64. The van der Waals surface area contributed by atoms with E-state index in [1.807, 2.05) is 12.1 Å². The molecule has 0 fully saturated rings. The molecule has 1 nitrogen and oxygen atoms in total. The van der Waals surface area contributed by atoms with Crippen LogP contribution in [0.25, 0.3) is 11.1 Å². The minimum absolute atomic E-state index is 0.191. The minimum Gasteiger partial charge on any atom is -0.244 e. The van der Waals surface area contributed by atoms with Crippen LogP contribution in [0.5, 0.6) is 0 Å². The van der Waals surface area contributed by atoms with Crippen molar-refractivity contribution in [2.75, 3.05) is 0 Å². The van der Waals surface area contributed by atoms with Crippen molar-refractivity contribution in [1.82, 2.24) is 4.98 Å². The molecule has 0 bridgehead atoms. The molecule has 0 atom stereocenters. The predicted molar refractivity (Wildman–Crippen MR) is 73.4 cm³/mol. The van der Waals surface area contributed by atoms with Gasteiger partial charge in [-0.25, -0.2) is 4.98 Å². The van der Waals surface area contributed by atoms with Crippen LogP contribution in [0.2, 0.25) is 5.15 Å². The van der Waals surface area contributed by atoms with Gasteiger partial charge in [-0.1, -0.05) is 56.6 Å². The van der Waals surface area contributed by atoms with E-state index in [1.54, 1.807) is 6.20 Å². The second-order valence-corrected chi connectivity index (χ2v) is 5.58. The van der Waals surface area contributed by atoms with Gasteiger partial charge in [-0.2, -0.15) is 0 Å².